The van der Waals surface area contributed by atoms with Gasteiger partial charge in [-0.1, -0.05) is 39.3 Å². The molecular weight excluding hydrogens is 384 g/mol. The molecule has 0 atom stereocenters. The molecule has 4 nitrogen and oxygen atoms in total. The Balaban J connectivity index is 1.99. The third-order valence-electron chi connectivity index (χ3n) is 4.00. The lowest BCUT2D eigenvalue weighted by Crippen LogP contribution is -2.31. The number of rotatable bonds is 4. The van der Waals surface area contributed by atoms with Gasteiger partial charge in [0.1, 0.15) is 0 Å². The van der Waals surface area contributed by atoms with Gasteiger partial charge in [-0.25, -0.2) is 4.79 Å². The summed E-state index contributed by atoms with van der Waals surface area (Å²) in [6.45, 7) is 0. The molecule has 0 amide bonds. The molecule has 0 aliphatic heterocycles. The normalized spacial score (nSPS) is 13.5. The van der Waals surface area contributed by atoms with Crippen molar-refractivity contribution < 1.29 is 23.9 Å². The maximum absolute atomic E-state index is 13.4. The lowest BCUT2D eigenvalue weighted by molar-refractivity contribution is -0.163. The minimum Gasteiger partial charge on any atom is -0.477 e. The van der Waals surface area contributed by atoms with E-state index in [-0.39, 0.29) is 11.3 Å². The predicted octanol–water partition coefficient (Wildman–Crippen LogP) is 4.31. The van der Waals surface area contributed by atoms with Crippen molar-refractivity contribution >= 4 is 27.6 Å². The summed E-state index contributed by atoms with van der Waals surface area (Å²) < 4.78 is 27.8. The first-order valence-corrected chi connectivity index (χ1v) is 7.85. The third-order valence-corrected chi connectivity index (χ3v) is 4.50. The summed E-state index contributed by atoms with van der Waals surface area (Å²) in [6, 6.07) is 10.8. The first-order chi connectivity index (χ1) is 11.3. The molecule has 0 aromatic heterocycles. The van der Waals surface area contributed by atoms with E-state index in [2.05, 4.69) is 21.1 Å². The maximum atomic E-state index is 13.4. The maximum Gasteiger partial charge on any atom is 0.374 e. The second kappa shape index (κ2) is 5.98. The fraction of sp³-hybridized carbons (Fsp3) is 0.176. The van der Waals surface area contributed by atoms with Gasteiger partial charge >= 0.3 is 11.9 Å². The minimum atomic E-state index is -4.00. The van der Waals surface area contributed by atoms with E-state index in [1.807, 2.05) is 18.2 Å². The Morgan fingerprint density at radius 1 is 1.17 bits per heavy atom. The van der Waals surface area contributed by atoms with Crippen LogP contribution in [-0.4, -0.2) is 27.9 Å². The summed E-state index contributed by atoms with van der Waals surface area (Å²) in [5, 5.41) is 20.5. The first kappa shape index (κ1) is 16.6. The molecule has 1 aliphatic carbocycles. The zero-order valence-electron chi connectivity index (χ0n) is 12.3. The van der Waals surface area contributed by atoms with Gasteiger partial charge in [-0.05, 0) is 46.9 Å². The molecule has 0 spiro atoms. The number of halogens is 3. The van der Waals surface area contributed by atoms with E-state index in [0.717, 1.165) is 33.1 Å². The molecule has 1 aliphatic rings. The van der Waals surface area contributed by atoms with Gasteiger partial charge in [0, 0.05) is 10.0 Å². The average molecular weight is 396 g/mol. The van der Waals surface area contributed by atoms with Crippen LogP contribution in [0, 0.1) is 0 Å². The Morgan fingerprint density at radius 3 is 2.58 bits per heavy atom. The number of carbonyl (C=O) groups is 1. The molecule has 3 rings (SSSR count). The van der Waals surface area contributed by atoms with Gasteiger partial charge in [-0.3, -0.25) is 0 Å². The first-order valence-electron chi connectivity index (χ1n) is 7.06. The van der Waals surface area contributed by atoms with Crippen LogP contribution in [0.25, 0.3) is 11.1 Å². The number of oxime groups is 1. The number of aliphatic carboxylic acids is 1. The predicted molar refractivity (Wildman–Crippen MR) is 87.9 cm³/mol. The van der Waals surface area contributed by atoms with Gasteiger partial charge in [0.15, 0.2) is 0 Å². The molecule has 2 aromatic carbocycles. The molecule has 124 valence electrons. The summed E-state index contributed by atoms with van der Waals surface area (Å²) in [6.07, 6.45) is -0.452. The number of hydrogen-bond acceptors (Lipinski definition) is 3. The zero-order valence-corrected chi connectivity index (χ0v) is 13.8. The van der Waals surface area contributed by atoms with Crippen LogP contribution >= 0.6 is 15.9 Å². The number of hydrogen-bond donors (Lipinski definition) is 2. The highest BCUT2D eigenvalue weighted by Gasteiger charge is 2.40. The summed E-state index contributed by atoms with van der Waals surface area (Å²) in [5.74, 6) is -6.25. The van der Waals surface area contributed by atoms with Crippen LogP contribution in [0.2, 0.25) is 0 Å². The number of fused-ring (bicyclic) bond motifs is 3. The van der Waals surface area contributed by atoms with Crippen LogP contribution in [0.4, 0.5) is 8.78 Å². The monoisotopic (exact) mass is 395 g/mol. The van der Waals surface area contributed by atoms with E-state index in [0.29, 0.717) is 0 Å². The van der Waals surface area contributed by atoms with Crippen LogP contribution < -0.4 is 0 Å². The van der Waals surface area contributed by atoms with Crippen molar-refractivity contribution in [2.24, 2.45) is 5.16 Å². The topological polar surface area (TPSA) is 69.9 Å². The van der Waals surface area contributed by atoms with Crippen LogP contribution in [0.3, 0.4) is 0 Å². The number of nitrogens with zero attached hydrogens (tertiary/aromatic N) is 1. The van der Waals surface area contributed by atoms with Crippen molar-refractivity contribution in [2.75, 3.05) is 0 Å². The molecule has 0 heterocycles. The highest BCUT2D eigenvalue weighted by atomic mass is 79.9. The van der Waals surface area contributed by atoms with Crippen molar-refractivity contribution in [3.8, 4) is 11.1 Å². The molecule has 0 saturated heterocycles. The zero-order chi connectivity index (χ0) is 17.5. The number of benzene rings is 2. The van der Waals surface area contributed by atoms with Crippen molar-refractivity contribution in [3.63, 3.8) is 0 Å². The van der Waals surface area contributed by atoms with Gasteiger partial charge in [0.05, 0.1) is 12.1 Å². The molecule has 2 N–H and O–H groups in total. The smallest absolute Gasteiger partial charge is 0.374 e. The third kappa shape index (κ3) is 2.91. The minimum absolute atomic E-state index is 0.271. The Bertz CT molecular complexity index is 865. The van der Waals surface area contributed by atoms with E-state index in [9.17, 15) is 13.6 Å². The van der Waals surface area contributed by atoms with E-state index >= 15 is 0 Å². The van der Waals surface area contributed by atoms with Crippen LogP contribution in [0.1, 0.15) is 23.1 Å². The van der Waals surface area contributed by atoms with Gasteiger partial charge in [-0.15, -0.1) is 0 Å². The molecule has 2 aromatic rings. The van der Waals surface area contributed by atoms with Crippen molar-refractivity contribution in [2.45, 2.75) is 18.8 Å². The van der Waals surface area contributed by atoms with Crippen molar-refractivity contribution in [3.05, 3.63) is 57.6 Å². The summed E-state index contributed by atoms with van der Waals surface area (Å²) in [7, 11) is 0. The Kier molecular flexibility index (Phi) is 4.13. The molecule has 24 heavy (non-hydrogen) atoms. The molecule has 0 radical (unpaired) electrons. The molecular formula is C17H12BrF2NO3. The molecule has 0 bridgehead atoms. The second-order valence-electron chi connectivity index (χ2n) is 5.58. The van der Waals surface area contributed by atoms with Gasteiger partial charge in [0.25, 0.3) is 0 Å². The largest absolute Gasteiger partial charge is 0.477 e. The summed E-state index contributed by atoms with van der Waals surface area (Å²) in [5.41, 5.74) is 3.90. The van der Waals surface area contributed by atoms with Gasteiger partial charge in [-0.2, -0.15) is 8.78 Å². The van der Waals surface area contributed by atoms with Crippen LogP contribution in [0.15, 0.2) is 46.0 Å². The standard InChI is InChI=1S/C17H12BrF2NO3/c18-12-3-4-13-11(6-12)5-9-1-2-10(7-14(9)13)15(21-24)8-17(19,20)16(22)23/h1-4,6-7,24H,5,8H2,(H,22,23). The quantitative estimate of drug-likeness (QED) is 0.392. The van der Waals surface area contributed by atoms with E-state index in [1.54, 1.807) is 18.2 Å². The Hall–Kier alpha value is -2.28. The number of carboxylic acids is 1. The lowest BCUT2D eigenvalue weighted by atomic mass is 9.98. The van der Waals surface area contributed by atoms with Crippen LogP contribution in [-0.2, 0) is 11.2 Å². The van der Waals surface area contributed by atoms with Crippen molar-refractivity contribution in [1.29, 1.82) is 0 Å². The highest BCUT2D eigenvalue weighted by Crippen LogP contribution is 2.38. The fourth-order valence-electron chi connectivity index (χ4n) is 2.82. The molecule has 7 heteroatoms. The number of carboxylic acid groups (broad SMARTS) is 1. The van der Waals surface area contributed by atoms with E-state index in [1.165, 1.54) is 0 Å². The van der Waals surface area contributed by atoms with Crippen LogP contribution in [0.5, 0.6) is 0 Å². The highest BCUT2D eigenvalue weighted by molar-refractivity contribution is 9.10. The average Bonchev–Trinajstić information content (AvgIpc) is 2.88. The van der Waals surface area contributed by atoms with Gasteiger partial charge < -0.3 is 10.3 Å². The number of alkyl halides is 2. The fourth-order valence-corrected chi connectivity index (χ4v) is 3.23. The van der Waals surface area contributed by atoms with Gasteiger partial charge in [0.2, 0.25) is 0 Å². The lowest BCUT2D eigenvalue weighted by Gasteiger charge is -2.13. The molecule has 0 fully saturated rings. The van der Waals surface area contributed by atoms with Crippen molar-refractivity contribution in [1.82, 2.24) is 0 Å². The SMILES string of the molecule is O=C(O)C(F)(F)CC(=NO)c1ccc2c(c1)-c1ccc(Br)cc1C2. The Labute approximate surface area is 144 Å². The second-order valence-corrected chi connectivity index (χ2v) is 6.50. The van der Waals surface area contributed by atoms with E-state index < -0.39 is 18.3 Å². The summed E-state index contributed by atoms with van der Waals surface area (Å²) in [4.78, 5) is 10.6. The molecule has 0 saturated carbocycles. The Morgan fingerprint density at radius 2 is 1.92 bits per heavy atom. The summed E-state index contributed by atoms with van der Waals surface area (Å²) >= 11 is 3.41. The molecule has 0 unspecified atom stereocenters. The van der Waals surface area contributed by atoms with E-state index in [4.69, 9.17) is 10.3 Å².